The molecule has 1 aliphatic rings. The van der Waals surface area contributed by atoms with Gasteiger partial charge < -0.3 is 20.1 Å². The molecule has 9 heteroatoms. The average molecular weight is 289 g/mol. The number of H-pyrrole nitrogens is 1. The van der Waals surface area contributed by atoms with Crippen LogP contribution in [-0.2, 0) is 10.5 Å². The number of hydrogen-bond donors (Lipinski definition) is 5. The lowest BCUT2D eigenvalue weighted by Gasteiger charge is -2.37. The fourth-order valence-electron chi connectivity index (χ4n) is 2.15. The highest BCUT2D eigenvalue weighted by Crippen LogP contribution is 2.40. The van der Waals surface area contributed by atoms with E-state index < -0.39 is 35.8 Å². The van der Waals surface area contributed by atoms with Crippen molar-refractivity contribution in [1.82, 2.24) is 9.55 Å². The maximum atomic E-state index is 11.1. The molecule has 19 heavy (non-hydrogen) atoms. The van der Waals surface area contributed by atoms with Gasteiger partial charge in [-0.25, -0.2) is 0 Å². The monoisotopic (exact) mass is 289 g/mol. The van der Waals surface area contributed by atoms with Crippen molar-refractivity contribution in [3.63, 3.8) is 0 Å². The van der Waals surface area contributed by atoms with Crippen LogP contribution >= 0.6 is 12.2 Å². The third kappa shape index (κ3) is 1.95. The normalized spacial score (nSPS) is 38.6. The molecule has 106 valence electrons. The van der Waals surface area contributed by atoms with Crippen LogP contribution in [0.1, 0.15) is 6.92 Å². The average Bonchev–Trinajstić information content (AvgIpc) is 2.50. The van der Waals surface area contributed by atoms with Gasteiger partial charge in [-0.05, 0) is 19.1 Å². The molecule has 0 spiro atoms. The predicted molar refractivity (Wildman–Crippen MR) is 66.6 cm³/mol. The molecule has 8 nitrogen and oxygen atoms in total. The number of aromatic amines is 1. The number of nitrogens with two attached hydrogens (primary N) is 1. The number of aliphatic hydroxyl groups excluding tert-OH is 2. The van der Waals surface area contributed by atoms with E-state index in [1.807, 2.05) is 0 Å². The molecule has 0 radical (unpaired) electrons. The van der Waals surface area contributed by atoms with Gasteiger partial charge in [-0.1, -0.05) is 0 Å². The smallest absolute Gasteiger partial charge is 0.251 e. The SMILES string of the molecule is C[C@@]1(n2ccc(=O)[nH]c2=S)O[C@H](CO)[C@@H](O)[C@@]1(N)O. The van der Waals surface area contributed by atoms with Gasteiger partial charge in [-0.2, -0.15) is 0 Å². The molecule has 4 atom stereocenters. The maximum absolute atomic E-state index is 11.1. The van der Waals surface area contributed by atoms with Crippen LogP contribution in [0.5, 0.6) is 0 Å². The molecule has 1 aromatic rings. The molecule has 0 aliphatic carbocycles. The van der Waals surface area contributed by atoms with E-state index in [1.54, 1.807) is 0 Å². The third-order valence-corrected chi connectivity index (χ3v) is 3.69. The Morgan fingerprint density at radius 3 is 2.79 bits per heavy atom. The molecule has 1 fully saturated rings. The van der Waals surface area contributed by atoms with Gasteiger partial charge in [-0.15, -0.1) is 0 Å². The first-order valence-corrected chi connectivity index (χ1v) is 5.95. The van der Waals surface area contributed by atoms with E-state index in [0.29, 0.717) is 0 Å². The first-order valence-electron chi connectivity index (χ1n) is 5.54. The minimum absolute atomic E-state index is 0.0235. The number of nitrogens with one attached hydrogen (secondary N) is 1. The van der Waals surface area contributed by atoms with Crippen LogP contribution in [-0.4, -0.2) is 49.4 Å². The summed E-state index contributed by atoms with van der Waals surface area (Å²) in [7, 11) is 0. The Morgan fingerprint density at radius 2 is 2.32 bits per heavy atom. The second-order valence-corrected chi connectivity index (χ2v) is 4.96. The predicted octanol–water partition coefficient (Wildman–Crippen LogP) is -2.02. The summed E-state index contributed by atoms with van der Waals surface area (Å²) in [5, 5.41) is 29.3. The molecule has 2 heterocycles. The quantitative estimate of drug-likeness (QED) is 0.313. The number of aromatic nitrogens is 2. The zero-order chi connectivity index (χ0) is 14.4. The molecular formula is C10H15N3O5S. The molecule has 1 aliphatic heterocycles. The summed E-state index contributed by atoms with van der Waals surface area (Å²) in [6.07, 6.45) is -1.27. The van der Waals surface area contributed by atoms with Crippen molar-refractivity contribution < 1.29 is 20.1 Å². The lowest BCUT2D eigenvalue weighted by molar-refractivity contribution is -0.183. The molecule has 0 bridgehead atoms. The zero-order valence-corrected chi connectivity index (χ0v) is 10.9. The Balaban J connectivity index is 2.59. The number of ether oxygens (including phenoxy) is 1. The van der Waals surface area contributed by atoms with Gasteiger partial charge in [0.2, 0.25) is 0 Å². The first kappa shape index (κ1) is 14.3. The highest BCUT2D eigenvalue weighted by molar-refractivity contribution is 7.71. The van der Waals surface area contributed by atoms with Crippen LogP contribution in [0.25, 0.3) is 0 Å². The molecule has 1 saturated heterocycles. The number of nitrogens with zero attached hydrogens (tertiary/aromatic N) is 1. The summed E-state index contributed by atoms with van der Waals surface area (Å²) < 4.78 is 6.63. The molecule has 0 saturated carbocycles. The summed E-state index contributed by atoms with van der Waals surface area (Å²) >= 11 is 4.98. The molecule has 6 N–H and O–H groups in total. The van der Waals surface area contributed by atoms with E-state index >= 15 is 0 Å². The standard InChI is InChI=1S/C10H15N3O5S/c1-9(13-3-2-6(15)12-8(13)19)10(11,17)7(16)5(4-14)18-9/h2-3,5,7,14,16-17H,4,11H2,1H3,(H,12,15,19)/t5-,7-,9-,10-/m1/s1. The molecule has 1 aromatic heterocycles. The second kappa shape index (κ2) is 4.47. The lowest BCUT2D eigenvalue weighted by atomic mass is 9.97. The Labute approximate surface area is 113 Å². The summed E-state index contributed by atoms with van der Waals surface area (Å²) in [5.41, 5.74) is 1.49. The van der Waals surface area contributed by atoms with Crippen molar-refractivity contribution in [3.8, 4) is 0 Å². The van der Waals surface area contributed by atoms with Crippen molar-refractivity contribution in [1.29, 1.82) is 0 Å². The number of hydrogen-bond acceptors (Lipinski definition) is 7. The highest BCUT2D eigenvalue weighted by atomic mass is 32.1. The van der Waals surface area contributed by atoms with E-state index in [-0.39, 0.29) is 4.77 Å². The van der Waals surface area contributed by atoms with Gasteiger partial charge in [-0.3, -0.25) is 20.1 Å². The van der Waals surface area contributed by atoms with Crippen LogP contribution < -0.4 is 11.3 Å². The summed E-state index contributed by atoms with van der Waals surface area (Å²) in [4.78, 5) is 13.5. The van der Waals surface area contributed by atoms with Gasteiger partial charge in [0.15, 0.2) is 16.2 Å². The van der Waals surface area contributed by atoms with E-state index in [4.69, 9.17) is 27.8 Å². The summed E-state index contributed by atoms with van der Waals surface area (Å²) in [6, 6.07) is 1.18. The fourth-order valence-corrected chi connectivity index (χ4v) is 2.49. The van der Waals surface area contributed by atoms with Crippen LogP contribution in [0.4, 0.5) is 0 Å². The molecule has 0 amide bonds. The van der Waals surface area contributed by atoms with Crippen LogP contribution in [0, 0.1) is 4.77 Å². The highest BCUT2D eigenvalue weighted by Gasteiger charge is 2.62. The largest absolute Gasteiger partial charge is 0.394 e. The number of rotatable bonds is 2. The number of aliphatic hydroxyl groups is 3. The molecule has 2 rings (SSSR count). The Morgan fingerprint density at radius 1 is 1.68 bits per heavy atom. The maximum Gasteiger partial charge on any atom is 0.251 e. The topological polar surface area (TPSA) is 134 Å². The molecule has 0 unspecified atom stereocenters. The fraction of sp³-hybridized carbons (Fsp3) is 0.600. The minimum atomic E-state index is -2.18. The van der Waals surface area contributed by atoms with Gasteiger partial charge in [0.1, 0.15) is 12.2 Å². The van der Waals surface area contributed by atoms with Crippen LogP contribution in [0.3, 0.4) is 0 Å². The second-order valence-electron chi connectivity index (χ2n) is 4.57. The Bertz CT molecular complexity index is 597. The van der Waals surface area contributed by atoms with E-state index in [2.05, 4.69) is 4.98 Å². The summed E-state index contributed by atoms with van der Waals surface area (Å²) in [5.74, 6) is 0. The Hall–Kier alpha value is -1.10. The van der Waals surface area contributed by atoms with Crippen LogP contribution in [0.15, 0.2) is 17.1 Å². The zero-order valence-electron chi connectivity index (χ0n) is 10.1. The van der Waals surface area contributed by atoms with Gasteiger partial charge in [0.25, 0.3) is 5.56 Å². The van der Waals surface area contributed by atoms with Crippen LogP contribution in [0.2, 0.25) is 0 Å². The summed E-state index contributed by atoms with van der Waals surface area (Å²) in [6.45, 7) is 0.882. The van der Waals surface area contributed by atoms with Crippen molar-refractivity contribution in [2.45, 2.75) is 30.6 Å². The van der Waals surface area contributed by atoms with Crippen molar-refractivity contribution in [3.05, 3.63) is 27.4 Å². The molecular weight excluding hydrogens is 274 g/mol. The van der Waals surface area contributed by atoms with E-state index in [9.17, 15) is 15.0 Å². The van der Waals surface area contributed by atoms with Crippen molar-refractivity contribution in [2.75, 3.05) is 6.61 Å². The van der Waals surface area contributed by atoms with Crippen molar-refractivity contribution >= 4 is 12.2 Å². The third-order valence-electron chi connectivity index (χ3n) is 3.39. The van der Waals surface area contributed by atoms with E-state index in [1.165, 1.54) is 23.8 Å². The molecule has 0 aromatic carbocycles. The lowest BCUT2D eigenvalue weighted by Crippen LogP contribution is -2.63. The van der Waals surface area contributed by atoms with Gasteiger partial charge in [0, 0.05) is 12.3 Å². The van der Waals surface area contributed by atoms with Gasteiger partial charge in [0.05, 0.1) is 6.61 Å². The van der Waals surface area contributed by atoms with Crippen molar-refractivity contribution in [2.24, 2.45) is 5.73 Å². The minimum Gasteiger partial charge on any atom is -0.394 e. The van der Waals surface area contributed by atoms with Gasteiger partial charge >= 0.3 is 0 Å². The van der Waals surface area contributed by atoms with E-state index in [0.717, 1.165) is 0 Å². The first-order chi connectivity index (χ1) is 8.74. The Kier molecular flexibility index (Phi) is 3.37.